The van der Waals surface area contributed by atoms with Crippen molar-refractivity contribution in [2.24, 2.45) is 7.05 Å². The molecule has 0 aliphatic carbocycles. The van der Waals surface area contributed by atoms with Gasteiger partial charge in [0.1, 0.15) is 0 Å². The summed E-state index contributed by atoms with van der Waals surface area (Å²) >= 11 is 0. The first-order chi connectivity index (χ1) is 5.54. The summed E-state index contributed by atoms with van der Waals surface area (Å²) in [6.07, 6.45) is 0. The molecule has 0 N–H and O–H groups in total. The summed E-state index contributed by atoms with van der Waals surface area (Å²) in [7, 11) is 1.80. The fourth-order valence-corrected chi connectivity index (χ4v) is 1.26. The molecular formula is C8H13N3O. The lowest BCUT2D eigenvalue weighted by Gasteiger charge is -2.04. The SMILES string of the molecule is CC(=O)c1nnn(C)c1C(C)C. The number of nitrogens with zero attached hydrogens (tertiary/aromatic N) is 3. The Morgan fingerprint density at radius 3 is 2.42 bits per heavy atom. The Morgan fingerprint density at radius 1 is 1.50 bits per heavy atom. The maximum absolute atomic E-state index is 11.1. The number of hydrogen-bond donors (Lipinski definition) is 0. The first kappa shape index (κ1) is 8.90. The number of Topliss-reactive ketones (excluding diaryl/α,β-unsaturated/α-hetero) is 1. The molecule has 1 aromatic rings. The minimum absolute atomic E-state index is 0.0215. The fourth-order valence-electron chi connectivity index (χ4n) is 1.26. The normalized spacial score (nSPS) is 10.8. The van der Waals surface area contributed by atoms with Gasteiger partial charge in [0.2, 0.25) is 0 Å². The van der Waals surface area contributed by atoms with Crippen LogP contribution in [-0.4, -0.2) is 20.8 Å². The molecule has 0 aliphatic heterocycles. The van der Waals surface area contributed by atoms with Gasteiger partial charge in [-0.25, -0.2) is 0 Å². The highest BCUT2D eigenvalue weighted by Gasteiger charge is 2.16. The second kappa shape index (κ2) is 3.05. The van der Waals surface area contributed by atoms with E-state index in [2.05, 4.69) is 10.3 Å². The molecule has 1 aromatic heterocycles. The lowest BCUT2D eigenvalue weighted by molar-refractivity contribution is 0.101. The molecule has 66 valence electrons. The van der Waals surface area contributed by atoms with E-state index in [1.165, 1.54) is 6.92 Å². The van der Waals surface area contributed by atoms with Gasteiger partial charge in [0.05, 0.1) is 5.69 Å². The van der Waals surface area contributed by atoms with Gasteiger partial charge in [-0.05, 0) is 5.92 Å². The zero-order chi connectivity index (χ0) is 9.30. The second-order valence-electron chi connectivity index (χ2n) is 3.16. The highest BCUT2D eigenvalue weighted by Crippen LogP contribution is 2.16. The van der Waals surface area contributed by atoms with Crippen LogP contribution in [0.25, 0.3) is 0 Å². The van der Waals surface area contributed by atoms with Crippen LogP contribution in [0.1, 0.15) is 42.9 Å². The molecule has 0 aromatic carbocycles. The highest BCUT2D eigenvalue weighted by molar-refractivity contribution is 5.93. The van der Waals surface area contributed by atoms with Crippen molar-refractivity contribution in [3.05, 3.63) is 11.4 Å². The number of aromatic nitrogens is 3. The van der Waals surface area contributed by atoms with E-state index in [4.69, 9.17) is 0 Å². The zero-order valence-electron chi connectivity index (χ0n) is 7.83. The molecule has 0 spiro atoms. The summed E-state index contributed by atoms with van der Waals surface area (Å²) in [6.45, 7) is 5.55. The van der Waals surface area contributed by atoms with E-state index in [-0.39, 0.29) is 11.7 Å². The average molecular weight is 167 g/mol. The van der Waals surface area contributed by atoms with Crippen LogP contribution in [0.2, 0.25) is 0 Å². The van der Waals surface area contributed by atoms with Gasteiger partial charge < -0.3 is 0 Å². The van der Waals surface area contributed by atoms with E-state index in [1.807, 2.05) is 13.8 Å². The summed E-state index contributed by atoms with van der Waals surface area (Å²) in [4.78, 5) is 11.1. The third-order valence-electron chi connectivity index (χ3n) is 1.75. The number of hydrogen-bond acceptors (Lipinski definition) is 3. The summed E-state index contributed by atoms with van der Waals surface area (Å²) in [5.41, 5.74) is 1.40. The quantitative estimate of drug-likeness (QED) is 0.620. The van der Waals surface area contributed by atoms with Gasteiger partial charge in [0.25, 0.3) is 0 Å². The maximum atomic E-state index is 11.1. The summed E-state index contributed by atoms with van der Waals surface area (Å²) in [5.74, 6) is 0.260. The van der Waals surface area contributed by atoms with Crippen LogP contribution >= 0.6 is 0 Å². The standard InChI is InChI=1S/C8H13N3O/c1-5(2)8-7(6(3)12)9-10-11(8)4/h5H,1-4H3. The Balaban J connectivity index is 3.21. The molecule has 0 amide bonds. The van der Waals surface area contributed by atoms with E-state index in [9.17, 15) is 4.79 Å². The lowest BCUT2D eigenvalue weighted by atomic mass is 10.1. The van der Waals surface area contributed by atoms with Crippen LogP contribution < -0.4 is 0 Å². The van der Waals surface area contributed by atoms with Crippen LogP contribution in [0, 0.1) is 0 Å². The predicted octanol–water partition coefficient (Wildman–Crippen LogP) is 1.14. The number of rotatable bonds is 2. The minimum atomic E-state index is -0.0215. The van der Waals surface area contributed by atoms with E-state index < -0.39 is 0 Å². The maximum Gasteiger partial charge on any atom is 0.181 e. The van der Waals surface area contributed by atoms with Crippen molar-refractivity contribution in [3.8, 4) is 0 Å². The Labute approximate surface area is 71.6 Å². The van der Waals surface area contributed by atoms with Crippen molar-refractivity contribution in [1.82, 2.24) is 15.0 Å². The van der Waals surface area contributed by atoms with Crippen LogP contribution in [0.4, 0.5) is 0 Å². The lowest BCUT2D eigenvalue weighted by Crippen LogP contribution is -2.05. The van der Waals surface area contributed by atoms with Crippen molar-refractivity contribution < 1.29 is 4.79 Å². The first-order valence-corrected chi connectivity index (χ1v) is 3.94. The predicted molar refractivity (Wildman–Crippen MR) is 45.1 cm³/mol. The topological polar surface area (TPSA) is 47.8 Å². The molecule has 1 heterocycles. The molecule has 0 saturated heterocycles. The van der Waals surface area contributed by atoms with Gasteiger partial charge >= 0.3 is 0 Å². The first-order valence-electron chi connectivity index (χ1n) is 3.94. The van der Waals surface area contributed by atoms with Crippen molar-refractivity contribution in [2.45, 2.75) is 26.7 Å². The molecule has 0 bridgehead atoms. The molecule has 0 unspecified atom stereocenters. The average Bonchev–Trinajstić information content (AvgIpc) is 2.30. The third kappa shape index (κ3) is 1.37. The van der Waals surface area contributed by atoms with Gasteiger partial charge in [-0.15, -0.1) is 5.10 Å². The van der Waals surface area contributed by atoms with Crippen LogP contribution in [-0.2, 0) is 7.05 Å². The van der Waals surface area contributed by atoms with Crippen molar-refractivity contribution >= 4 is 5.78 Å². The van der Waals surface area contributed by atoms with E-state index in [1.54, 1.807) is 11.7 Å². The van der Waals surface area contributed by atoms with Crippen LogP contribution in [0.5, 0.6) is 0 Å². The zero-order valence-corrected chi connectivity index (χ0v) is 7.83. The Hall–Kier alpha value is -1.19. The molecule has 4 heteroatoms. The Kier molecular flexibility index (Phi) is 2.26. The second-order valence-corrected chi connectivity index (χ2v) is 3.16. The molecule has 0 aliphatic rings. The van der Waals surface area contributed by atoms with Crippen LogP contribution in [0.3, 0.4) is 0 Å². The minimum Gasteiger partial charge on any atom is -0.293 e. The number of aryl methyl sites for hydroxylation is 1. The van der Waals surface area contributed by atoms with E-state index in [0.717, 1.165) is 5.69 Å². The number of ketones is 1. The highest BCUT2D eigenvalue weighted by atomic mass is 16.1. The largest absolute Gasteiger partial charge is 0.293 e. The third-order valence-corrected chi connectivity index (χ3v) is 1.75. The van der Waals surface area contributed by atoms with Gasteiger partial charge in [-0.2, -0.15) is 0 Å². The molecule has 0 saturated carbocycles. The van der Waals surface area contributed by atoms with Gasteiger partial charge in [-0.3, -0.25) is 9.48 Å². The molecule has 0 atom stereocenters. The summed E-state index contributed by atoms with van der Waals surface area (Å²) < 4.78 is 1.65. The molecular weight excluding hydrogens is 154 g/mol. The molecule has 0 radical (unpaired) electrons. The van der Waals surface area contributed by atoms with Crippen molar-refractivity contribution in [1.29, 1.82) is 0 Å². The molecule has 12 heavy (non-hydrogen) atoms. The molecule has 1 rings (SSSR count). The summed E-state index contributed by atoms with van der Waals surface area (Å²) in [5, 5.41) is 7.60. The van der Waals surface area contributed by atoms with E-state index in [0.29, 0.717) is 5.69 Å². The van der Waals surface area contributed by atoms with Crippen molar-refractivity contribution in [2.75, 3.05) is 0 Å². The Bertz CT molecular complexity index is 301. The van der Waals surface area contributed by atoms with Crippen molar-refractivity contribution in [3.63, 3.8) is 0 Å². The van der Waals surface area contributed by atoms with Gasteiger partial charge in [-0.1, -0.05) is 19.1 Å². The number of carbonyl (C=O) groups excluding carboxylic acids is 1. The van der Waals surface area contributed by atoms with Crippen LogP contribution in [0.15, 0.2) is 0 Å². The van der Waals surface area contributed by atoms with Gasteiger partial charge in [0, 0.05) is 14.0 Å². The fraction of sp³-hybridized carbons (Fsp3) is 0.625. The monoisotopic (exact) mass is 167 g/mol. The van der Waals surface area contributed by atoms with E-state index >= 15 is 0 Å². The molecule has 0 fully saturated rings. The molecule has 4 nitrogen and oxygen atoms in total. The smallest absolute Gasteiger partial charge is 0.181 e. The number of carbonyl (C=O) groups is 1. The van der Waals surface area contributed by atoms with Gasteiger partial charge in [0.15, 0.2) is 11.5 Å². The summed E-state index contributed by atoms with van der Waals surface area (Å²) in [6, 6.07) is 0. The Morgan fingerprint density at radius 2 is 2.08 bits per heavy atom.